The molecule has 0 heterocycles. The van der Waals surface area contributed by atoms with Gasteiger partial charge in [-0.2, -0.15) is 0 Å². The lowest BCUT2D eigenvalue weighted by atomic mass is 10.1. The molecule has 3 aromatic rings. The van der Waals surface area contributed by atoms with E-state index in [1.807, 2.05) is 0 Å². The Labute approximate surface area is 277 Å². The predicted molar refractivity (Wildman–Crippen MR) is 192 cm³/mol. The van der Waals surface area contributed by atoms with Crippen LogP contribution in [0.1, 0.15) is 61.1 Å². The van der Waals surface area contributed by atoms with Crippen LogP contribution in [0.25, 0.3) is 0 Å². The van der Waals surface area contributed by atoms with E-state index in [2.05, 4.69) is 87.4 Å². The first-order chi connectivity index (χ1) is 21.7. The van der Waals surface area contributed by atoms with Crippen LogP contribution in [0.2, 0.25) is 5.54 Å². The SMILES string of the molecule is COc1cc(C)c(OC)c(C)c1[Si](c1c(OC)cc(C)c(OC)c1C)(c1c(OC)cc(C)c(OC)c1C)C1C(C)=C(C)C(C)=C1C. The minimum Gasteiger partial charge on any atom is -0.497 e. The molecule has 0 atom stereocenters. The van der Waals surface area contributed by atoms with Gasteiger partial charge >= 0.3 is 0 Å². The van der Waals surface area contributed by atoms with Gasteiger partial charge in [0.25, 0.3) is 0 Å². The Morgan fingerprint density at radius 1 is 0.413 bits per heavy atom. The molecule has 6 nitrogen and oxygen atoms in total. The molecule has 0 amide bonds. The summed E-state index contributed by atoms with van der Waals surface area (Å²) in [6.07, 6.45) is 0. The number of aryl methyl sites for hydroxylation is 3. The molecule has 0 bridgehead atoms. The van der Waals surface area contributed by atoms with E-state index >= 15 is 0 Å². The van der Waals surface area contributed by atoms with Crippen molar-refractivity contribution in [2.24, 2.45) is 0 Å². The molecule has 0 aromatic heterocycles. The third-order valence-electron chi connectivity index (χ3n) is 10.5. The number of allylic oxidation sites excluding steroid dienone is 4. The van der Waals surface area contributed by atoms with Gasteiger partial charge in [-0.3, -0.25) is 0 Å². The highest BCUT2D eigenvalue weighted by Crippen LogP contribution is 2.51. The Bertz CT molecular complexity index is 1580. The summed E-state index contributed by atoms with van der Waals surface area (Å²) in [5, 5.41) is 3.34. The molecule has 0 unspecified atom stereocenters. The van der Waals surface area contributed by atoms with Crippen molar-refractivity contribution in [2.45, 2.75) is 74.8 Å². The molecule has 4 rings (SSSR count). The van der Waals surface area contributed by atoms with E-state index in [-0.39, 0.29) is 5.54 Å². The second-order valence-corrected chi connectivity index (χ2v) is 16.3. The van der Waals surface area contributed by atoms with E-state index in [0.717, 1.165) is 83.4 Å². The zero-order valence-electron chi connectivity index (χ0n) is 30.8. The van der Waals surface area contributed by atoms with Crippen LogP contribution in [0, 0.1) is 41.5 Å². The van der Waals surface area contributed by atoms with Gasteiger partial charge in [-0.05, 0) is 148 Å². The first-order valence-corrected chi connectivity index (χ1v) is 17.8. The molecule has 46 heavy (non-hydrogen) atoms. The van der Waals surface area contributed by atoms with Crippen LogP contribution >= 0.6 is 0 Å². The van der Waals surface area contributed by atoms with Crippen LogP contribution in [0.4, 0.5) is 0 Å². The number of ether oxygens (including phenoxy) is 6. The monoisotopic (exact) mass is 644 g/mol. The quantitative estimate of drug-likeness (QED) is 0.173. The fourth-order valence-electron chi connectivity index (χ4n) is 8.49. The molecule has 0 saturated heterocycles. The van der Waals surface area contributed by atoms with Gasteiger partial charge in [0.2, 0.25) is 0 Å². The Hall–Kier alpha value is -3.84. The van der Waals surface area contributed by atoms with Gasteiger partial charge in [-0.1, -0.05) is 11.1 Å². The lowest BCUT2D eigenvalue weighted by Crippen LogP contribution is -2.72. The molecule has 248 valence electrons. The molecular weight excluding hydrogens is 593 g/mol. The van der Waals surface area contributed by atoms with Crippen molar-refractivity contribution in [1.29, 1.82) is 0 Å². The average Bonchev–Trinajstić information content (AvgIpc) is 3.21. The highest BCUT2D eigenvalue weighted by molar-refractivity contribution is 7.15. The highest BCUT2D eigenvalue weighted by atomic mass is 28.3. The molecule has 0 fully saturated rings. The van der Waals surface area contributed by atoms with Crippen molar-refractivity contribution in [3.63, 3.8) is 0 Å². The topological polar surface area (TPSA) is 55.4 Å². The molecule has 1 aliphatic rings. The third kappa shape index (κ3) is 4.89. The normalized spacial score (nSPS) is 13.8. The van der Waals surface area contributed by atoms with Crippen LogP contribution in [-0.4, -0.2) is 50.7 Å². The molecule has 0 spiro atoms. The summed E-state index contributed by atoms with van der Waals surface area (Å²) in [5.41, 5.74) is 11.4. The Kier molecular flexibility index (Phi) is 9.98. The van der Waals surface area contributed by atoms with Crippen LogP contribution in [0.5, 0.6) is 34.5 Å². The van der Waals surface area contributed by atoms with E-state index in [9.17, 15) is 0 Å². The van der Waals surface area contributed by atoms with Crippen molar-refractivity contribution >= 4 is 23.6 Å². The van der Waals surface area contributed by atoms with Crippen molar-refractivity contribution in [3.8, 4) is 34.5 Å². The van der Waals surface area contributed by atoms with E-state index < -0.39 is 8.07 Å². The Morgan fingerprint density at radius 3 is 0.891 bits per heavy atom. The summed E-state index contributed by atoms with van der Waals surface area (Å²) < 4.78 is 37.8. The summed E-state index contributed by atoms with van der Waals surface area (Å²) in [5.74, 6) is 4.96. The van der Waals surface area contributed by atoms with Crippen LogP contribution in [0.3, 0.4) is 0 Å². The van der Waals surface area contributed by atoms with Crippen LogP contribution in [-0.2, 0) is 0 Å². The number of hydrogen-bond acceptors (Lipinski definition) is 6. The van der Waals surface area contributed by atoms with Crippen LogP contribution < -0.4 is 44.0 Å². The number of benzene rings is 3. The van der Waals surface area contributed by atoms with Crippen molar-refractivity contribution < 1.29 is 28.4 Å². The zero-order chi connectivity index (χ0) is 34.4. The summed E-state index contributed by atoms with van der Waals surface area (Å²) in [7, 11) is 7.06. The number of methoxy groups -OCH3 is 6. The maximum absolute atomic E-state index is 6.43. The second-order valence-electron chi connectivity index (χ2n) is 12.6. The van der Waals surface area contributed by atoms with Gasteiger partial charge in [0.05, 0.1) is 42.7 Å². The molecule has 0 radical (unpaired) electrons. The lowest BCUT2D eigenvalue weighted by Gasteiger charge is -2.45. The summed E-state index contributed by atoms with van der Waals surface area (Å²) in [6.45, 7) is 21.8. The van der Waals surface area contributed by atoms with E-state index in [1.165, 1.54) is 22.3 Å². The van der Waals surface area contributed by atoms with Gasteiger partial charge in [0.1, 0.15) is 34.5 Å². The lowest BCUT2D eigenvalue weighted by molar-refractivity contribution is 0.398. The van der Waals surface area contributed by atoms with Crippen molar-refractivity contribution in [1.82, 2.24) is 0 Å². The van der Waals surface area contributed by atoms with Gasteiger partial charge in [0.15, 0.2) is 8.07 Å². The average molecular weight is 645 g/mol. The maximum Gasteiger partial charge on any atom is 0.174 e. The molecule has 3 aromatic carbocycles. The molecule has 0 aliphatic heterocycles. The summed E-state index contributed by atoms with van der Waals surface area (Å²) in [6, 6.07) is 6.36. The third-order valence-corrected chi connectivity index (χ3v) is 16.5. The minimum atomic E-state index is -3.47. The van der Waals surface area contributed by atoms with Gasteiger partial charge in [-0.25, -0.2) is 0 Å². The summed E-state index contributed by atoms with van der Waals surface area (Å²) >= 11 is 0. The fourth-order valence-corrected chi connectivity index (χ4v) is 15.6. The first-order valence-electron chi connectivity index (χ1n) is 15.8. The fraction of sp³-hybridized carbons (Fsp3) is 0.436. The largest absolute Gasteiger partial charge is 0.497 e. The molecule has 0 N–H and O–H groups in total. The maximum atomic E-state index is 6.43. The number of rotatable bonds is 10. The zero-order valence-corrected chi connectivity index (χ0v) is 31.8. The smallest absolute Gasteiger partial charge is 0.174 e. The van der Waals surface area contributed by atoms with E-state index in [1.54, 1.807) is 42.7 Å². The van der Waals surface area contributed by atoms with Gasteiger partial charge in [-0.15, -0.1) is 0 Å². The van der Waals surface area contributed by atoms with Gasteiger partial charge < -0.3 is 28.4 Å². The predicted octanol–water partition coefficient (Wildman–Crippen LogP) is 7.12. The Balaban J connectivity index is 2.59. The molecule has 1 aliphatic carbocycles. The highest BCUT2D eigenvalue weighted by Gasteiger charge is 2.57. The minimum absolute atomic E-state index is 0.0208. The second kappa shape index (κ2) is 13.1. The number of hydrogen-bond donors (Lipinski definition) is 0. The van der Waals surface area contributed by atoms with Crippen LogP contribution in [0.15, 0.2) is 40.5 Å². The Morgan fingerprint density at radius 2 is 0.674 bits per heavy atom. The van der Waals surface area contributed by atoms with E-state index in [0.29, 0.717) is 0 Å². The molecule has 7 heteroatoms. The first kappa shape index (κ1) is 35.0. The standard InChI is InChI=1S/C39H52O6Si/c1-20-17-30(40-11)37(27(8)33(20)43-14)46(36-25(6)23(4)24(5)26(36)7,38-28(9)34(44-15)21(2)18-31(38)41-12)39-29(10)35(45-16)22(3)19-32(39)42-13/h17-19,36H,1-16H3. The van der Waals surface area contributed by atoms with Crippen molar-refractivity contribution in [2.75, 3.05) is 42.7 Å². The van der Waals surface area contributed by atoms with Crippen molar-refractivity contribution in [3.05, 3.63) is 73.9 Å². The molecule has 0 saturated carbocycles. The van der Waals surface area contributed by atoms with Gasteiger partial charge in [0, 0.05) is 5.54 Å². The summed E-state index contributed by atoms with van der Waals surface area (Å²) in [4.78, 5) is 0. The molecular formula is C39H52O6Si. The van der Waals surface area contributed by atoms with E-state index in [4.69, 9.17) is 28.4 Å².